The van der Waals surface area contributed by atoms with E-state index >= 15 is 0 Å². The Kier molecular flexibility index (Phi) is 6.35. The maximum atomic E-state index is 11.7. The third-order valence-corrected chi connectivity index (χ3v) is 3.35. The van der Waals surface area contributed by atoms with E-state index in [1.165, 1.54) is 0 Å². The van der Waals surface area contributed by atoms with E-state index in [9.17, 15) is 4.79 Å². The molecule has 0 unspecified atom stereocenters. The van der Waals surface area contributed by atoms with E-state index in [0.717, 1.165) is 24.1 Å². The Morgan fingerprint density at radius 2 is 2.13 bits per heavy atom. The number of aromatic nitrogens is 2. The molecule has 1 N–H and O–H groups in total. The van der Waals surface area contributed by atoms with Crippen molar-refractivity contribution in [2.45, 2.75) is 26.7 Å². The number of amides is 1. The molecule has 2 rings (SSSR count). The normalized spacial score (nSPS) is 10.4. The molecule has 1 aromatic heterocycles. The fourth-order valence-electron chi connectivity index (χ4n) is 1.97. The van der Waals surface area contributed by atoms with Crippen LogP contribution in [0.5, 0.6) is 5.88 Å². The topological polar surface area (TPSA) is 64.1 Å². The van der Waals surface area contributed by atoms with Crippen LogP contribution < -0.4 is 10.1 Å². The van der Waals surface area contributed by atoms with Crippen molar-refractivity contribution in [3.05, 3.63) is 41.0 Å². The number of nitrogens with zero attached hydrogens (tertiary/aromatic N) is 2. The van der Waals surface area contributed by atoms with Gasteiger partial charge < -0.3 is 10.1 Å². The van der Waals surface area contributed by atoms with Crippen LogP contribution in [0.1, 0.15) is 25.5 Å². The maximum Gasteiger partial charge on any atom is 0.258 e. The zero-order chi connectivity index (χ0) is 16.7. The summed E-state index contributed by atoms with van der Waals surface area (Å²) in [6, 6.07) is 9.00. The predicted molar refractivity (Wildman–Crippen MR) is 90.6 cm³/mol. The third-order valence-electron chi connectivity index (χ3n) is 3.12. The van der Waals surface area contributed by atoms with Gasteiger partial charge in [0.15, 0.2) is 12.4 Å². The Hall–Kier alpha value is -2.14. The van der Waals surface area contributed by atoms with E-state index in [2.05, 4.69) is 22.2 Å². The van der Waals surface area contributed by atoms with Gasteiger partial charge in [-0.2, -0.15) is 4.98 Å². The summed E-state index contributed by atoms with van der Waals surface area (Å²) in [6.07, 6.45) is 1.99. The fraction of sp³-hybridized carbons (Fsp3) is 0.353. The number of rotatable bonds is 7. The summed E-state index contributed by atoms with van der Waals surface area (Å²) in [4.78, 5) is 20.4. The first-order valence-corrected chi connectivity index (χ1v) is 7.97. The monoisotopic (exact) mass is 333 g/mol. The second kappa shape index (κ2) is 8.48. The van der Waals surface area contributed by atoms with Crippen molar-refractivity contribution in [2.75, 3.05) is 13.2 Å². The second-order valence-corrected chi connectivity index (χ2v) is 5.61. The zero-order valence-electron chi connectivity index (χ0n) is 13.3. The molecule has 0 spiro atoms. The lowest BCUT2D eigenvalue weighted by molar-refractivity contribution is -0.123. The quantitative estimate of drug-likeness (QED) is 0.789. The molecule has 0 saturated heterocycles. The van der Waals surface area contributed by atoms with E-state index < -0.39 is 0 Å². The summed E-state index contributed by atoms with van der Waals surface area (Å²) in [5.74, 6) is 0.742. The Morgan fingerprint density at radius 3 is 2.87 bits per heavy atom. The van der Waals surface area contributed by atoms with Crippen molar-refractivity contribution >= 4 is 17.5 Å². The van der Waals surface area contributed by atoms with Crippen molar-refractivity contribution in [1.82, 2.24) is 15.3 Å². The van der Waals surface area contributed by atoms with Crippen LogP contribution in [0.2, 0.25) is 5.02 Å². The Balaban J connectivity index is 2.04. The first-order valence-electron chi connectivity index (χ1n) is 7.59. The van der Waals surface area contributed by atoms with Crippen molar-refractivity contribution in [3.63, 3.8) is 0 Å². The standard InChI is InChI=1S/C17H20ClN3O2/c1-3-4-8-19-15(22)11-23-16-9-12(2)20-17(21-16)13-6-5-7-14(18)10-13/h5-7,9-10H,3-4,8,11H2,1-2H3,(H,19,22). The summed E-state index contributed by atoms with van der Waals surface area (Å²) in [5, 5.41) is 3.41. The van der Waals surface area contributed by atoms with E-state index in [1.54, 1.807) is 18.2 Å². The summed E-state index contributed by atoms with van der Waals surface area (Å²) in [6.45, 7) is 4.53. The Morgan fingerprint density at radius 1 is 1.30 bits per heavy atom. The van der Waals surface area contributed by atoms with E-state index in [0.29, 0.717) is 23.3 Å². The second-order valence-electron chi connectivity index (χ2n) is 5.17. The van der Waals surface area contributed by atoms with Crippen LogP contribution in [0.3, 0.4) is 0 Å². The Bertz CT molecular complexity index is 677. The minimum absolute atomic E-state index is 0.0604. The predicted octanol–water partition coefficient (Wildman–Crippen LogP) is 3.40. The zero-order valence-corrected chi connectivity index (χ0v) is 14.1. The molecule has 0 radical (unpaired) electrons. The molecular weight excluding hydrogens is 314 g/mol. The molecule has 2 aromatic rings. The van der Waals surface area contributed by atoms with Crippen LogP contribution in [0, 0.1) is 6.92 Å². The molecule has 0 bridgehead atoms. The average molecular weight is 334 g/mol. The number of nitrogens with one attached hydrogen (secondary N) is 1. The summed E-state index contributed by atoms with van der Waals surface area (Å²) in [5.41, 5.74) is 1.56. The SMILES string of the molecule is CCCCNC(=O)COc1cc(C)nc(-c2cccc(Cl)c2)n1. The van der Waals surface area contributed by atoms with Crippen molar-refractivity contribution < 1.29 is 9.53 Å². The van der Waals surface area contributed by atoms with Gasteiger partial charge >= 0.3 is 0 Å². The number of unbranched alkanes of at least 4 members (excludes halogenated alkanes) is 1. The molecule has 1 amide bonds. The van der Waals surface area contributed by atoms with Crippen LogP contribution in [0.4, 0.5) is 0 Å². The van der Waals surface area contributed by atoms with Gasteiger partial charge in [-0.3, -0.25) is 4.79 Å². The first kappa shape index (κ1) is 17.2. The molecule has 0 aliphatic carbocycles. The minimum atomic E-state index is -0.154. The minimum Gasteiger partial charge on any atom is -0.467 e. The summed E-state index contributed by atoms with van der Waals surface area (Å²) >= 11 is 6.00. The lowest BCUT2D eigenvalue weighted by Crippen LogP contribution is -2.29. The summed E-state index contributed by atoms with van der Waals surface area (Å²) in [7, 11) is 0. The van der Waals surface area contributed by atoms with Gasteiger partial charge in [0.25, 0.3) is 5.91 Å². The van der Waals surface area contributed by atoms with Gasteiger partial charge in [0, 0.05) is 28.9 Å². The number of hydrogen-bond acceptors (Lipinski definition) is 4. The van der Waals surface area contributed by atoms with Crippen molar-refractivity contribution in [3.8, 4) is 17.3 Å². The van der Waals surface area contributed by atoms with E-state index in [1.807, 2.05) is 19.1 Å². The van der Waals surface area contributed by atoms with Crippen LogP contribution in [0.25, 0.3) is 11.4 Å². The molecule has 0 atom stereocenters. The smallest absolute Gasteiger partial charge is 0.258 e. The molecule has 0 fully saturated rings. The molecule has 5 nitrogen and oxygen atoms in total. The van der Waals surface area contributed by atoms with Gasteiger partial charge in [-0.15, -0.1) is 0 Å². The number of benzene rings is 1. The van der Waals surface area contributed by atoms with E-state index in [-0.39, 0.29) is 12.5 Å². The number of hydrogen-bond donors (Lipinski definition) is 1. The highest BCUT2D eigenvalue weighted by Gasteiger charge is 2.08. The van der Waals surface area contributed by atoms with E-state index in [4.69, 9.17) is 16.3 Å². The highest BCUT2D eigenvalue weighted by Crippen LogP contribution is 2.22. The van der Waals surface area contributed by atoms with Crippen LogP contribution in [0.15, 0.2) is 30.3 Å². The molecule has 0 aliphatic heterocycles. The van der Waals surface area contributed by atoms with Gasteiger partial charge in [0.05, 0.1) is 0 Å². The first-order chi connectivity index (χ1) is 11.1. The van der Waals surface area contributed by atoms with Gasteiger partial charge in [-0.1, -0.05) is 37.1 Å². The highest BCUT2D eigenvalue weighted by atomic mass is 35.5. The number of carbonyl (C=O) groups excluding carboxylic acids is 1. The molecule has 0 aliphatic rings. The van der Waals surface area contributed by atoms with Crippen LogP contribution in [-0.2, 0) is 4.79 Å². The van der Waals surface area contributed by atoms with Crippen molar-refractivity contribution in [1.29, 1.82) is 0 Å². The van der Waals surface area contributed by atoms with Gasteiger partial charge in [0.2, 0.25) is 5.88 Å². The number of carbonyl (C=O) groups is 1. The molecule has 122 valence electrons. The molecule has 6 heteroatoms. The van der Waals surface area contributed by atoms with Crippen LogP contribution in [-0.4, -0.2) is 29.0 Å². The van der Waals surface area contributed by atoms with Crippen LogP contribution >= 0.6 is 11.6 Å². The van der Waals surface area contributed by atoms with Crippen molar-refractivity contribution in [2.24, 2.45) is 0 Å². The van der Waals surface area contributed by atoms with Gasteiger partial charge in [-0.25, -0.2) is 4.98 Å². The molecule has 23 heavy (non-hydrogen) atoms. The number of halogens is 1. The average Bonchev–Trinajstić information content (AvgIpc) is 2.53. The molecule has 0 saturated carbocycles. The summed E-state index contributed by atoms with van der Waals surface area (Å²) < 4.78 is 5.48. The third kappa shape index (κ3) is 5.53. The number of ether oxygens (including phenoxy) is 1. The van der Waals surface area contributed by atoms with Gasteiger partial charge in [-0.05, 0) is 25.5 Å². The molecular formula is C17H20ClN3O2. The largest absolute Gasteiger partial charge is 0.467 e. The maximum absolute atomic E-state index is 11.7. The number of aryl methyl sites for hydroxylation is 1. The molecule has 1 heterocycles. The Labute approximate surface area is 141 Å². The lowest BCUT2D eigenvalue weighted by Gasteiger charge is -2.09. The van der Waals surface area contributed by atoms with Gasteiger partial charge in [0.1, 0.15) is 0 Å². The molecule has 1 aromatic carbocycles. The fourth-order valence-corrected chi connectivity index (χ4v) is 2.16. The lowest BCUT2D eigenvalue weighted by atomic mass is 10.2. The highest BCUT2D eigenvalue weighted by molar-refractivity contribution is 6.30.